The number of cyclic esters (lactones) is 1. The Morgan fingerprint density at radius 3 is 2.26 bits per heavy atom. The van der Waals surface area contributed by atoms with Crippen LogP contribution in [0.2, 0.25) is 0 Å². The third-order valence-electron chi connectivity index (χ3n) is 5.90. The number of hydrogen-bond acceptors (Lipinski definition) is 5. The van der Waals surface area contributed by atoms with Crippen LogP contribution >= 0.6 is 0 Å². The third kappa shape index (κ3) is 6.76. The number of benzene rings is 3. The highest BCUT2D eigenvalue weighted by atomic mass is 32.2. The molecule has 2 atom stereocenters. The van der Waals surface area contributed by atoms with Crippen molar-refractivity contribution in [3.05, 3.63) is 95.8 Å². The number of sulfonamides is 1. The number of halogens is 1. The number of hydrogen-bond donors (Lipinski definition) is 2. The molecule has 0 radical (unpaired) electrons. The van der Waals surface area contributed by atoms with Crippen molar-refractivity contribution >= 4 is 27.7 Å². The molecule has 2 amide bonds. The van der Waals surface area contributed by atoms with E-state index in [9.17, 15) is 22.4 Å². The number of anilines is 1. The Kier molecular flexibility index (Phi) is 7.84. The first-order valence-corrected chi connectivity index (χ1v) is 13.6. The molecule has 1 fully saturated rings. The lowest BCUT2D eigenvalue weighted by atomic mass is 10.0. The van der Waals surface area contributed by atoms with Gasteiger partial charge in [0.1, 0.15) is 11.9 Å². The van der Waals surface area contributed by atoms with Gasteiger partial charge in [0.2, 0.25) is 10.0 Å². The summed E-state index contributed by atoms with van der Waals surface area (Å²) in [6, 6.07) is 20.1. The molecule has 1 unspecified atom stereocenters. The first-order valence-electron chi connectivity index (χ1n) is 12.1. The summed E-state index contributed by atoms with van der Waals surface area (Å²) in [4.78, 5) is 27.2. The van der Waals surface area contributed by atoms with E-state index < -0.39 is 45.5 Å². The van der Waals surface area contributed by atoms with Gasteiger partial charge in [0.25, 0.3) is 5.91 Å². The van der Waals surface area contributed by atoms with Gasteiger partial charge in [0, 0.05) is 16.8 Å². The van der Waals surface area contributed by atoms with Gasteiger partial charge < -0.3 is 10.1 Å². The summed E-state index contributed by atoms with van der Waals surface area (Å²) in [5.74, 6) is -0.864. The van der Waals surface area contributed by atoms with E-state index >= 15 is 0 Å². The molecular formula is C28H30FN3O5S. The maximum Gasteiger partial charge on any atom is 0.414 e. The normalized spacial score (nSPS) is 16.7. The van der Waals surface area contributed by atoms with Crippen LogP contribution in [0.5, 0.6) is 0 Å². The van der Waals surface area contributed by atoms with Crippen molar-refractivity contribution in [3.63, 3.8) is 0 Å². The quantitative estimate of drug-likeness (QED) is 0.445. The van der Waals surface area contributed by atoms with Crippen LogP contribution in [-0.4, -0.2) is 44.6 Å². The summed E-state index contributed by atoms with van der Waals surface area (Å²) in [6.45, 7) is 5.40. The minimum atomic E-state index is -3.73. The summed E-state index contributed by atoms with van der Waals surface area (Å²) in [6.07, 6.45) is -0.888. The summed E-state index contributed by atoms with van der Waals surface area (Å²) in [7, 11) is -3.73. The minimum Gasteiger partial charge on any atom is -0.442 e. The highest BCUT2D eigenvalue weighted by Gasteiger charge is 2.38. The second-order valence-corrected chi connectivity index (χ2v) is 11.8. The van der Waals surface area contributed by atoms with Gasteiger partial charge in [0.05, 0.1) is 17.5 Å². The predicted molar refractivity (Wildman–Crippen MR) is 142 cm³/mol. The van der Waals surface area contributed by atoms with Gasteiger partial charge in [-0.25, -0.2) is 22.3 Å². The van der Waals surface area contributed by atoms with Crippen molar-refractivity contribution < 1.29 is 27.1 Å². The molecule has 4 rings (SSSR count). The lowest BCUT2D eigenvalue weighted by Crippen LogP contribution is -2.46. The number of carbonyl (C=O) groups excluding carboxylic acids is 2. The fourth-order valence-corrected chi connectivity index (χ4v) is 5.59. The Morgan fingerprint density at radius 1 is 1.03 bits per heavy atom. The van der Waals surface area contributed by atoms with Gasteiger partial charge in [-0.2, -0.15) is 0 Å². The van der Waals surface area contributed by atoms with E-state index in [4.69, 9.17) is 4.74 Å². The standard InChI is InChI=1S/C28H30FN3O5S/c1-28(2,3)31-38(35,36)23-15-13-22(14-16-23)32-18-25(37-27(32)34)24(17-19-7-5-4-6-8-19)30-26(33)20-9-11-21(29)12-10-20/h4-16,24-25,31H,17-18H2,1-3H3,(H,30,33)/t24?,25-/m0/s1. The highest BCUT2D eigenvalue weighted by molar-refractivity contribution is 7.89. The SMILES string of the molecule is CC(C)(C)NS(=O)(=O)c1ccc(N2C[C@@H](C(Cc3ccccc3)NC(=O)c3ccc(F)cc3)OC2=O)cc1. The third-order valence-corrected chi connectivity index (χ3v) is 7.68. The molecule has 1 aliphatic rings. The van der Waals surface area contributed by atoms with Gasteiger partial charge in [-0.15, -0.1) is 0 Å². The summed E-state index contributed by atoms with van der Waals surface area (Å²) >= 11 is 0. The molecule has 1 aliphatic heterocycles. The number of rotatable bonds is 8. The Hall–Kier alpha value is -3.76. The van der Waals surface area contributed by atoms with E-state index in [1.165, 1.54) is 41.3 Å². The van der Waals surface area contributed by atoms with Crippen LogP contribution in [0, 0.1) is 5.82 Å². The number of ether oxygens (including phenoxy) is 1. The van der Waals surface area contributed by atoms with Crippen LogP contribution in [0.4, 0.5) is 14.9 Å². The fraction of sp³-hybridized carbons (Fsp3) is 0.286. The van der Waals surface area contributed by atoms with Crippen LogP contribution < -0.4 is 14.9 Å². The second-order valence-electron chi connectivity index (χ2n) is 10.2. The van der Waals surface area contributed by atoms with Crippen LogP contribution in [0.1, 0.15) is 36.7 Å². The molecule has 0 aromatic heterocycles. The maximum atomic E-state index is 13.3. The monoisotopic (exact) mass is 539 g/mol. The van der Waals surface area contributed by atoms with Crippen LogP contribution in [0.25, 0.3) is 0 Å². The first-order chi connectivity index (χ1) is 17.9. The molecule has 10 heteroatoms. The zero-order chi connectivity index (χ0) is 27.5. The largest absolute Gasteiger partial charge is 0.442 e. The molecule has 1 saturated heterocycles. The van der Waals surface area contributed by atoms with Crippen LogP contribution in [-0.2, 0) is 21.2 Å². The van der Waals surface area contributed by atoms with Crippen LogP contribution in [0.3, 0.4) is 0 Å². The topological polar surface area (TPSA) is 105 Å². The van der Waals surface area contributed by atoms with Crippen molar-refractivity contribution in [2.75, 3.05) is 11.4 Å². The Bertz CT molecular complexity index is 1390. The molecule has 1 heterocycles. The van der Waals surface area contributed by atoms with Crippen LogP contribution in [0.15, 0.2) is 83.8 Å². The molecule has 38 heavy (non-hydrogen) atoms. The number of amides is 2. The van der Waals surface area contributed by atoms with E-state index in [1.807, 2.05) is 30.3 Å². The average molecular weight is 540 g/mol. The lowest BCUT2D eigenvalue weighted by molar-refractivity contribution is 0.0840. The summed E-state index contributed by atoms with van der Waals surface area (Å²) in [5, 5.41) is 2.93. The highest BCUT2D eigenvalue weighted by Crippen LogP contribution is 2.26. The van der Waals surface area contributed by atoms with E-state index in [2.05, 4.69) is 10.0 Å². The Balaban J connectivity index is 1.53. The van der Waals surface area contributed by atoms with Crippen molar-refractivity contribution in [1.82, 2.24) is 10.0 Å². The zero-order valence-electron chi connectivity index (χ0n) is 21.3. The summed E-state index contributed by atoms with van der Waals surface area (Å²) in [5.41, 5.74) is 1.05. The molecule has 0 saturated carbocycles. The van der Waals surface area contributed by atoms with Crippen molar-refractivity contribution in [1.29, 1.82) is 0 Å². The summed E-state index contributed by atoms with van der Waals surface area (Å²) < 4.78 is 46.8. The van der Waals surface area contributed by atoms with E-state index in [-0.39, 0.29) is 17.0 Å². The van der Waals surface area contributed by atoms with Gasteiger partial charge in [0.15, 0.2) is 0 Å². The first kappa shape index (κ1) is 27.3. The maximum absolute atomic E-state index is 13.3. The molecule has 200 valence electrons. The molecular weight excluding hydrogens is 509 g/mol. The molecule has 0 spiro atoms. The van der Waals surface area contributed by atoms with E-state index in [1.54, 1.807) is 32.9 Å². The predicted octanol–water partition coefficient (Wildman–Crippen LogP) is 4.27. The zero-order valence-corrected chi connectivity index (χ0v) is 22.2. The van der Waals surface area contributed by atoms with Crippen molar-refractivity contribution in [2.24, 2.45) is 0 Å². The Morgan fingerprint density at radius 2 is 1.66 bits per heavy atom. The van der Waals surface area contributed by atoms with Gasteiger partial charge in [-0.05, 0) is 81.3 Å². The van der Waals surface area contributed by atoms with Crippen molar-refractivity contribution in [2.45, 2.75) is 49.8 Å². The van der Waals surface area contributed by atoms with E-state index in [0.717, 1.165) is 5.56 Å². The van der Waals surface area contributed by atoms with Crippen molar-refractivity contribution in [3.8, 4) is 0 Å². The molecule has 3 aromatic carbocycles. The molecule has 0 bridgehead atoms. The van der Waals surface area contributed by atoms with E-state index in [0.29, 0.717) is 12.1 Å². The average Bonchev–Trinajstić information content (AvgIpc) is 3.25. The number of nitrogens with zero attached hydrogens (tertiary/aromatic N) is 1. The van der Waals surface area contributed by atoms with Gasteiger partial charge >= 0.3 is 6.09 Å². The number of carbonyl (C=O) groups is 2. The minimum absolute atomic E-state index is 0.0776. The number of nitrogens with one attached hydrogen (secondary N) is 2. The smallest absolute Gasteiger partial charge is 0.414 e. The molecule has 3 aromatic rings. The van der Waals surface area contributed by atoms with Gasteiger partial charge in [-0.3, -0.25) is 9.69 Å². The Labute approximate surface area is 221 Å². The molecule has 2 N–H and O–H groups in total. The fourth-order valence-electron chi connectivity index (χ4n) is 4.17. The second kappa shape index (κ2) is 10.9. The lowest BCUT2D eigenvalue weighted by Gasteiger charge is -2.24. The molecule has 8 nitrogen and oxygen atoms in total. The van der Waals surface area contributed by atoms with Gasteiger partial charge in [-0.1, -0.05) is 30.3 Å². The molecule has 0 aliphatic carbocycles.